The van der Waals surface area contributed by atoms with Gasteiger partial charge >= 0.3 is 12.0 Å². The maximum absolute atomic E-state index is 12.7. The lowest BCUT2D eigenvalue weighted by molar-refractivity contribution is 0.0520. The second-order valence-electron chi connectivity index (χ2n) is 6.02. The highest BCUT2D eigenvalue weighted by atomic mass is 32.1. The van der Waals surface area contributed by atoms with Crippen LogP contribution in [0.1, 0.15) is 46.9 Å². The lowest BCUT2D eigenvalue weighted by atomic mass is 10.1. The van der Waals surface area contributed by atoms with Crippen molar-refractivity contribution in [1.82, 2.24) is 9.88 Å². The van der Waals surface area contributed by atoms with Crippen LogP contribution in [0, 0.1) is 13.8 Å². The average molecular weight is 375 g/mol. The van der Waals surface area contributed by atoms with E-state index in [1.54, 1.807) is 17.2 Å². The van der Waals surface area contributed by atoms with Crippen molar-refractivity contribution in [3.8, 4) is 0 Å². The molecule has 26 heavy (non-hydrogen) atoms. The van der Waals surface area contributed by atoms with E-state index in [-0.39, 0.29) is 11.7 Å². The van der Waals surface area contributed by atoms with Crippen LogP contribution < -0.4 is 5.32 Å². The normalized spacial score (nSPS) is 10.5. The van der Waals surface area contributed by atoms with Crippen molar-refractivity contribution in [1.29, 1.82) is 0 Å². The van der Waals surface area contributed by atoms with Gasteiger partial charge in [0, 0.05) is 17.6 Å². The van der Waals surface area contributed by atoms with Gasteiger partial charge in [0.05, 0.1) is 13.2 Å². The van der Waals surface area contributed by atoms with Crippen molar-refractivity contribution in [3.63, 3.8) is 0 Å². The molecule has 0 unspecified atom stereocenters. The number of carbonyl (C=O) groups is 2. The molecule has 6 nitrogen and oxygen atoms in total. The molecule has 0 saturated heterocycles. The minimum Gasteiger partial charge on any atom is -0.461 e. The molecule has 0 aliphatic rings. The summed E-state index contributed by atoms with van der Waals surface area (Å²) in [5.74, 6) is -0.434. The lowest BCUT2D eigenvalue weighted by Gasteiger charge is -2.22. The molecule has 1 N–H and O–H groups in total. The van der Waals surface area contributed by atoms with Crippen LogP contribution in [0.4, 0.5) is 10.5 Å². The SMILES string of the molecule is CCCN(Cc1nc(C(=O)OCC)cs1)C(=O)Nc1ccc(C)cc1C. The fourth-order valence-corrected chi connectivity index (χ4v) is 3.29. The highest BCUT2D eigenvalue weighted by Crippen LogP contribution is 2.18. The van der Waals surface area contributed by atoms with Crippen LogP contribution in [-0.4, -0.2) is 35.0 Å². The molecule has 0 fully saturated rings. The van der Waals surface area contributed by atoms with Crippen molar-refractivity contribution in [2.24, 2.45) is 0 Å². The second-order valence-corrected chi connectivity index (χ2v) is 6.96. The maximum Gasteiger partial charge on any atom is 0.357 e. The van der Waals surface area contributed by atoms with Gasteiger partial charge in [-0.2, -0.15) is 0 Å². The summed E-state index contributed by atoms with van der Waals surface area (Å²) >= 11 is 1.35. The Morgan fingerprint density at radius 3 is 2.69 bits per heavy atom. The van der Waals surface area contributed by atoms with Gasteiger partial charge in [-0.1, -0.05) is 24.6 Å². The topological polar surface area (TPSA) is 71.5 Å². The Bertz CT molecular complexity index is 773. The quantitative estimate of drug-likeness (QED) is 0.729. The first-order valence-corrected chi connectivity index (χ1v) is 9.57. The molecule has 7 heteroatoms. The van der Waals surface area contributed by atoms with E-state index < -0.39 is 5.97 Å². The van der Waals surface area contributed by atoms with Crippen LogP contribution in [0.3, 0.4) is 0 Å². The van der Waals surface area contributed by atoms with Crippen LogP contribution in [0.5, 0.6) is 0 Å². The Kier molecular flexibility index (Phi) is 7.15. The third kappa shape index (κ3) is 5.29. The number of aryl methyl sites for hydroxylation is 2. The summed E-state index contributed by atoms with van der Waals surface area (Å²) in [6, 6.07) is 5.74. The van der Waals surface area contributed by atoms with Gasteiger partial charge in [0.1, 0.15) is 5.01 Å². The molecule has 2 rings (SSSR count). The molecule has 2 aromatic rings. The largest absolute Gasteiger partial charge is 0.461 e. The van der Waals surface area contributed by atoms with E-state index in [0.717, 1.165) is 23.2 Å². The number of amides is 2. The van der Waals surface area contributed by atoms with Crippen molar-refractivity contribution < 1.29 is 14.3 Å². The number of ether oxygens (including phenoxy) is 1. The molecular formula is C19H25N3O3S. The van der Waals surface area contributed by atoms with Crippen LogP contribution in [0.25, 0.3) is 0 Å². The van der Waals surface area contributed by atoms with Gasteiger partial charge in [0.25, 0.3) is 0 Å². The van der Waals surface area contributed by atoms with E-state index in [4.69, 9.17) is 4.74 Å². The lowest BCUT2D eigenvalue weighted by Crippen LogP contribution is -2.35. The zero-order valence-electron chi connectivity index (χ0n) is 15.7. The number of carbonyl (C=O) groups excluding carboxylic acids is 2. The number of aromatic nitrogens is 1. The Morgan fingerprint density at radius 1 is 1.27 bits per heavy atom. The number of nitrogens with one attached hydrogen (secondary N) is 1. The number of rotatable bonds is 7. The Morgan fingerprint density at radius 2 is 2.04 bits per heavy atom. The van der Waals surface area contributed by atoms with Crippen molar-refractivity contribution in [3.05, 3.63) is 45.4 Å². The van der Waals surface area contributed by atoms with Gasteiger partial charge in [-0.25, -0.2) is 14.6 Å². The summed E-state index contributed by atoms with van der Waals surface area (Å²) in [5, 5.41) is 5.34. The minimum absolute atomic E-state index is 0.174. The predicted molar refractivity (Wildman–Crippen MR) is 104 cm³/mol. The molecule has 140 valence electrons. The van der Waals surface area contributed by atoms with Crippen LogP contribution in [0.15, 0.2) is 23.6 Å². The van der Waals surface area contributed by atoms with Gasteiger partial charge in [-0.3, -0.25) is 0 Å². The van der Waals surface area contributed by atoms with E-state index in [1.165, 1.54) is 11.3 Å². The highest BCUT2D eigenvalue weighted by molar-refractivity contribution is 7.09. The van der Waals surface area contributed by atoms with Crippen molar-refractivity contribution in [2.75, 3.05) is 18.5 Å². The monoisotopic (exact) mass is 375 g/mol. The first kappa shape index (κ1) is 19.9. The number of benzene rings is 1. The van der Waals surface area contributed by atoms with Crippen LogP contribution >= 0.6 is 11.3 Å². The van der Waals surface area contributed by atoms with Gasteiger partial charge < -0.3 is 15.0 Å². The average Bonchev–Trinajstić information content (AvgIpc) is 3.06. The Balaban J connectivity index is 2.07. The summed E-state index contributed by atoms with van der Waals surface area (Å²) in [6.07, 6.45) is 0.830. The van der Waals surface area contributed by atoms with E-state index in [1.807, 2.05) is 39.0 Å². The number of urea groups is 1. The summed E-state index contributed by atoms with van der Waals surface area (Å²) in [5.41, 5.74) is 3.26. The molecular weight excluding hydrogens is 350 g/mol. The van der Waals surface area contributed by atoms with Gasteiger partial charge in [0.15, 0.2) is 5.69 Å². The fourth-order valence-electron chi connectivity index (χ4n) is 2.52. The number of thiazole rings is 1. The Labute approximate surface area is 158 Å². The minimum atomic E-state index is -0.434. The van der Waals surface area contributed by atoms with Gasteiger partial charge in [-0.15, -0.1) is 11.3 Å². The van der Waals surface area contributed by atoms with E-state index in [0.29, 0.717) is 24.7 Å². The number of esters is 1. The van der Waals surface area contributed by atoms with Gasteiger partial charge in [0.2, 0.25) is 0 Å². The number of hydrogen-bond donors (Lipinski definition) is 1. The molecule has 0 saturated carbocycles. The smallest absolute Gasteiger partial charge is 0.357 e. The molecule has 0 aliphatic heterocycles. The van der Waals surface area contributed by atoms with Crippen molar-refractivity contribution in [2.45, 2.75) is 40.7 Å². The van der Waals surface area contributed by atoms with Crippen molar-refractivity contribution >= 4 is 29.0 Å². The van der Waals surface area contributed by atoms with E-state index in [9.17, 15) is 9.59 Å². The molecule has 1 heterocycles. The van der Waals surface area contributed by atoms with Gasteiger partial charge in [-0.05, 0) is 38.8 Å². The summed E-state index contributed by atoms with van der Waals surface area (Å²) < 4.78 is 4.96. The summed E-state index contributed by atoms with van der Waals surface area (Å²) in [7, 11) is 0. The summed E-state index contributed by atoms with van der Waals surface area (Å²) in [6.45, 7) is 9.03. The zero-order valence-corrected chi connectivity index (χ0v) is 16.5. The summed E-state index contributed by atoms with van der Waals surface area (Å²) in [4.78, 5) is 30.4. The molecule has 0 bridgehead atoms. The van der Waals surface area contributed by atoms with E-state index in [2.05, 4.69) is 10.3 Å². The molecule has 0 radical (unpaired) electrons. The zero-order chi connectivity index (χ0) is 19.1. The first-order chi connectivity index (χ1) is 12.4. The predicted octanol–water partition coefficient (Wildman–Crippen LogP) is 4.38. The first-order valence-electron chi connectivity index (χ1n) is 8.69. The number of nitrogens with zero attached hydrogens (tertiary/aromatic N) is 2. The molecule has 1 aromatic carbocycles. The number of anilines is 1. The molecule has 2 amide bonds. The fraction of sp³-hybridized carbons (Fsp3) is 0.421. The maximum atomic E-state index is 12.7. The second kappa shape index (κ2) is 9.33. The number of hydrogen-bond acceptors (Lipinski definition) is 5. The van der Waals surface area contributed by atoms with E-state index >= 15 is 0 Å². The molecule has 0 spiro atoms. The third-order valence-corrected chi connectivity index (χ3v) is 4.60. The molecule has 0 atom stereocenters. The van der Waals surface area contributed by atoms with Crippen LogP contribution in [-0.2, 0) is 11.3 Å². The standard InChI is InChI=1S/C19H25N3O3S/c1-5-9-22(11-17-20-16(12-26-17)18(23)25-6-2)19(24)21-15-8-7-13(3)10-14(15)4/h7-8,10,12H,5-6,9,11H2,1-4H3,(H,21,24). The van der Waals surface area contributed by atoms with Crippen LogP contribution in [0.2, 0.25) is 0 Å². The molecule has 0 aliphatic carbocycles. The highest BCUT2D eigenvalue weighted by Gasteiger charge is 2.18. The Hall–Kier alpha value is -2.41. The third-order valence-electron chi connectivity index (χ3n) is 3.77. The molecule has 1 aromatic heterocycles.